The first-order chi connectivity index (χ1) is 12.8. The van der Waals surface area contributed by atoms with Crippen molar-refractivity contribution in [2.24, 2.45) is 0 Å². The number of carbonyl (C=O) groups is 3. The minimum absolute atomic E-state index is 0.0912. The van der Waals surface area contributed by atoms with Crippen molar-refractivity contribution in [1.29, 1.82) is 0 Å². The highest BCUT2D eigenvalue weighted by Gasteiger charge is 2.13. The van der Waals surface area contributed by atoms with E-state index in [1.54, 1.807) is 25.1 Å². The summed E-state index contributed by atoms with van der Waals surface area (Å²) >= 11 is 5.82. The molecule has 9 heteroatoms. The summed E-state index contributed by atoms with van der Waals surface area (Å²) in [6.45, 7) is 0.651. The number of esters is 1. The maximum Gasteiger partial charge on any atom is 0.344 e. The van der Waals surface area contributed by atoms with Crippen LogP contribution in [0.1, 0.15) is 5.56 Å². The molecule has 0 radical (unpaired) electrons. The van der Waals surface area contributed by atoms with Crippen molar-refractivity contribution in [3.05, 3.63) is 58.9 Å². The Balaban J connectivity index is 1.72. The van der Waals surface area contributed by atoms with Gasteiger partial charge in [-0.2, -0.15) is 0 Å². The molecule has 0 spiro atoms. The van der Waals surface area contributed by atoms with Gasteiger partial charge in [0.25, 0.3) is 5.91 Å². The predicted octanol–water partition coefficient (Wildman–Crippen LogP) is 3.06. The molecule has 3 amide bonds. The third-order valence-electron chi connectivity index (χ3n) is 3.22. The smallest absolute Gasteiger partial charge is 0.344 e. The standard InChI is InChI=1S/C18H16ClFN2O5/c1-11-8-12(19)6-7-15(11)26-10-17(24)27-9-16(23)22-18(25)21-14-5-3-2-4-13(14)20/h2-8H,9-10H2,1H3,(H2,21,22,23,25). The molecule has 0 aliphatic carbocycles. The Morgan fingerprint density at radius 3 is 2.56 bits per heavy atom. The van der Waals surface area contributed by atoms with Crippen LogP contribution in [0.2, 0.25) is 5.02 Å². The number of para-hydroxylation sites is 1. The number of imide groups is 1. The second-order valence-corrected chi connectivity index (χ2v) is 5.78. The van der Waals surface area contributed by atoms with Gasteiger partial charge in [0, 0.05) is 5.02 Å². The van der Waals surface area contributed by atoms with E-state index < -0.39 is 36.9 Å². The molecule has 0 aliphatic rings. The fourth-order valence-electron chi connectivity index (χ4n) is 1.98. The minimum Gasteiger partial charge on any atom is -0.482 e. The lowest BCUT2D eigenvalue weighted by molar-refractivity contribution is -0.150. The zero-order valence-corrected chi connectivity index (χ0v) is 15.0. The summed E-state index contributed by atoms with van der Waals surface area (Å²) < 4.78 is 23.4. The first-order valence-electron chi connectivity index (χ1n) is 7.75. The minimum atomic E-state index is -0.950. The van der Waals surface area contributed by atoms with E-state index in [1.165, 1.54) is 18.2 Å². The molecule has 2 aromatic carbocycles. The molecule has 0 aromatic heterocycles. The molecule has 27 heavy (non-hydrogen) atoms. The van der Waals surface area contributed by atoms with Gasteiger partial charge in [0.15, 0.2) is 13.2 Å². The summed E-state index contributed by atoms with van der Waals surface area (Å²) in [5, 5.41) is 4.61. The highest BCUT2D eigenvalue weighted by Crippen LogP contribution is 2.21. The number of nitrogens with one attached hydrogen (secondary N) is 2. The molecular weight excluding hydrogens is 379 g/mol. The predicted molar refractivity (Wildman–Crippen MR) is 96.2 cm³/mol. The summed E-state index contributed by atoms with van der Waals surface area (Å²) in [6, 6.07) is 9.39. The Morgan fingerprint density at radius 1 is 1.11 bits per heavy atom. The quantitative estimate of drug-likeness (QED) is 0.734. The average molecular weight is 395 g/mol. The molecule has 0 saturated carbocycles. The topological polar surface area (TPSA) is 93.7 Å². The lowest BCUT2D eigenvalue weighted by Gasteiger charge is -2.10. The van der Waals surface area contributed by atoms with Gasteiger partial charge in [-0.15, -0.1) is 0 Å². The first-order valence-corrected chi connectivity index (χ1v) is 8.13. The van der Waals surface area contributed by atoms with Gasteiger partial charge < -0.3 is 14.8 Å². The Labute approximate surface area is 159 Å². The molecule has 0 atom stereocenters. The average Bonchev–Trinajstić information content (AvgIpc) is 2.61. The van der Waals surface area contributed by atoms with Crippen LogP contribution in [0.5, 0.6) is 5.75 Å². The monoisotopic (exact) mass is 394 g/mol. The van der Waals surface area contributed by atoms with Gasteiger partial charge >= 0.3 is 12.0 Å². The number of amides is 3. The van der Waals surface area contributed by atoms with Crippen molar-refractivity contribution in [2.45, 2.75) is 6.92 Å². The Morgan fingerprint density at radius 2 is 1.85 bits per heavy atom. The van der Waals surface area contributed by atoms with E-state index in [2.05, 4.69) is 5.32 Å². The molecule has 2 rings (SSSR count). The molecule has 0 aliphatic heterocycles. The molecule has 0 saturated heterocycles. The van der Waals surface area contributed by atoms with E-state index >= 15 is 0 Å². The largest absolute Gasteiger partial charge is 0.482 e. The number of benzene rings is 2. The lowest BCUT2D eigenvalue weighted by atomic mass is 10.2. The van der Waals surface area contributed by atoms with Gasteiger partial charge in [0.05, 0.1) is 5.69 Å². The van der Waals surface area contributed by atoms with Crippen molar-refractivity contribution in [2.75, 3.05) is 18.5 Å². The van der Waals surface area contributed by atoms with Crippen molar-refractivity contribution >= 4 is 35.2 Å². The van der Waals surface area contributed by atoms with Gasteiger partial charge in [-0.1, -0.05) is 23.7 Å². The van der Waals surface area contributed by atoms with Crippen LogP contribution in [0, 0.1) is 12.7 Å². The number of carbonyl (C=O) groups excluding carboxylic acids is 3. The maximum atomic E-state index is 13.4. The summed E-state index contributed by atoms with van der Waals surface area (Å²) in [5.74, 6) is -1.87. The van der Waals surface area contributed by atoms with Crippen LogP contribution >= 0.6 is 11.6 Å². The first kappa shape index (κ1) is 20.2. The molecule has 0 fully saturated rings. The second kappa shape index (κ2) is 9.54. The molecular formula is C18H16ClFN2O5. The Hall–Kier alpha value is -3.13. The van der Waals surface area contributed by atoms with Crippen LogP contribution in [-0.2, 0) is 14.3 Å². The lowest BCUT2D eigenvalue weighted by Crippen LogP contribution is -2.37. The van der Waals surface area contributed by atoms with Crippen LogP contribution in [0.15, 0.2) is 42.5 Å². The van der Waals surface area contributed by atoms with Gasteiger partial charge in [0.2, 0.25) is 0 Å². The van der Waals surface area contributed by atoms with Crippen LogP contribution in [-0.4, -0.2) is 31.1 Å². The molecule has 2 aromatic rings. The Bertz CT molecular complexity index is 859. The van der Waals surface area contributed by atoms with Crippen LogP contribution < -0.4 is 15.4 Å². The van der Waals surface area contributed by atoms with Crippen molar-refractivity contribution < 1.29 is 28.2 Å². The normalized spacial score (nSPS) is 10.0. The van der Waals surface area contributed by atoms with E-state index in [-0.39, 0.29) is 5.69 Å². The number of aryl methyl sites for hydroxylation is 1. The molecule has 0 heterocycles. The molecule has 7 nitrogen and oxygen atoms in total. The maximum absolute atomic E-state index is 13.4. The summed E-state index contributed by atoms with van der Waals surface area (Å²) in [5.41, 5.74) is 0.643. The van der Waals surface area contributed by atoms with Crippen molar-refractivity contribution in [1.82, 2.24) is 5.32 Å². The van der Waals surface area contributed by atoms with Gasteiger partial charge in [-0.05, 0) is 42.8 Å². The number of anilines is 1. The summed E-state index contributed by atoms with van der Waals surface area (Å²) in [4.78, 5) is 34.8. The van der Waals surface area contributed by atoms with Gasteiger partial charge in [-0.25, -0.2) is 14.0 Å². The fraction of sp³-hybridized carbons (Fsp3) is 0.167. The molecule has 0 unspecified atom stereocenters. The van der Waals surface area contributed by atoms with Crippen LogP contribution in [0.4, 0.5) is 14.9 Å². The number of urea groups is 1. The summed E-state index contributed by atoms with van der Waals surface area (Å²) in [7, 11) is 0. The number of ether oxygens (including phenoxy) is 2. The Kier molecular flexibility index (Phi) is 7.13. The van der Waals surface area contributed by atoms with Crippen LogP contribution in [0.3, 0.4) is 0 Å². The number of hydrogen-bond acceptors (Lipinski definition) is 5. The third-order valence-corrected chi connectivity index (χ3v) is 3.46. The third kappa shape index (κ3) is 6.59. The van der Waals surface area contributed by atoms with E-state index in [0.717, 1.165) is 11.6 Å². The number of rotatable bonds is 6. The summed E-state index contributed by atoms with van der Waals surface area (Å²) in [6.07, 6.45) is 0. The zero-order chi connectivity index (χ0) is 19.8. The van der Waals surface area contributed by atoms with E-state index in [9.17, 15) is 18.8 Å². The van der Waals surface area contributed by atoms with E-state index in [4.69, 9.17) is 21.1 Å². The van der Waals surface area contributed by atoms with E-state index in [1.807, 2.05) is 5.32 Å². The van der Waals surface area contributed by atoms with Gasteiger partial charge in [0.1, 0.15) is 11.6 Å². The van der Waals surface area contributed by atoms with Gasteiger partial charge in [-0.3, -0.25) is 10.1 Å². The number of hydrogen-bond donors (Lipinski definition) is 2. The van der Waals surface area contributed by atoms with Crippen molar-refractivity contribution in [3.63, 3.8) is 0 Å². The molecule has 2 N–H and O–H groups in total. The van der Waals surface area contributed by atoms with E-state index in [0.29, 0.717) is 10.8 Å². The molecule has 0 bridgehead atoms. The molecule has 142 valence electrons. The second-order valence-electron chi connectivity index (χ2n) is 5.34. The number of halogens is 2. The highest BCUT2D eigenvalue weighted by atomic mass is 35.5. The van der Waals surface area contributed by atoms with Crippen molar-refractivity contribution in [3.8, 4) is 5.75 Å². The fourth-order valence-corrected chi connectivity index (χ4v) is 2.20. The highest BCUT2D eigenvalue weighted by molar-refractivity contribution is 6.30. The zero-order valence-electron chi connectivity index (χ0n) is 14.3. The van der Waals surface area contributed by atoms with Crippen LogP contribution in [0.25, 0.3) is 0 Å². The SMILES string of the molecule is Cc1cc(Cl)ccc1OCC(=O)OCC(=O)NC(=O)Nc1ccccc1F.